The largest absolute Gasteiger partial charge is 0.465 e. The highest BCUT2D eigenvalue weighted by atomic mass is 32.1. The molecule has 0 amide bonds. The lowest BCUT2D eigenvalue weighted by molar-refractivity contribution is 0.0602. The van der Waals surface area contributed by atoms with Gasteiger partial charge in [-0.05, 0) is 13.3 Å². The molecule has 2 rings (SSSR count). The first-order chi connectivity index (χ1) is 9.26. The van der Waals surface area contributed by atoms with Crippen LogP contribution >= 0.6 is 11.3 Å². The summed E-state index contributed by atoms with van der Waals surface area (Å²) in [5.74, 6) is -0.748. The van der Waals surface area contributed by atoms with E-state index < -0.39 is 11.6 Å². The van der Waals surface area contributed by atoms with E-state index in [-0.39, 0.29) is 17.0 Å². The summed E-state index contributed by atoms with van der Waals surface area (Å²) >= 11 is 1.18. The van der Waals surface area contributed by atoms with Crippen molar-refractivity contribution < 1.29 is 19.4 Å². The third-order valence-corrected chi connectivity index (χ3v) is 4.74. The third-order valence-electron chi connectivity index (χ3n) is 3.37. The molecular formula is C13H18N2O4S. The number of carbonyl (C=O) groups excluding carboxylic acids is 2. The molecule has 0 saturated carbocycles. The summed E-state index contributed by atoms with van der Waals surface area (Å²) in [4.78, 5) is 25.7. The molecule has 1 aliphatic rings. The first-order valence-corrected chi connectivity index (χ1v) is 7.07. The van der Waals surface area contributed by atoms with E-state index in [1.807, 2.05) is 4.90 Å². The van der Waals surface area contributed by atoms with Gasteiger partial charge in [-0.1, -0.05) is 0 Å². The lowest BCUT2D eigenvalue weighted by Gasteiger charge is -2.20. The van der Waals surface area contributed by atoms with Crippen molar-refractivity contribution in [2.45, 2.75) is 25.9 Å². The molecule has 1 aromatic rings. The number of esters is 1. The molecule has 7 heteroatoms. The highest BCUT2D eigenvalue weighted by molar-refractivity contribution is 7.19. The van der Waals surface area contributed by atoms with Crippen molar-refractivity contribution in [3.63, 3.8) is 0 Å². The number of methoxy groups -OCH3 is 1. The molecule has 0 aromatic carbocycles. The molecule has 1 aromatic heterocycles. The summed E-state index contributed by atoms with van der Waals surface area (Å²) in [6.07, 6.45) is 0.598. The summed E-state index contributed by atoms with van der Waals surface area (Å²) in [6.45, 7) is 4.16. The Kier molecular flexibility index (Phi) is 3.75. The van der Waals surface area contributed by atoms with Crippen molar-refractivity contribution in [1.29, 1.82) is 0 Å². The summed E-state index contributed by atoms with van der Waals surface area (Å²) < 4.78 is 4.75. The number of nitrogen functional groups attached to an aromatic ring is 1. The van der Waals surface area contributed by atoms with E-state index >= 15 is 0 Å². The number of β-amino-alcohol motifs (C(OH)–C–C–N with tert-alkyl or cyclic N) is 1. The Morgan fingerprint density at radius 3 is 2.60 bits per heavy atom. The Morgan fingerprint density at radius 1 is 1.50 bits per heavy atom. The van der Waals surface area contributed by atoms with Gasteiger partial charge in [0.05, 0.1) is 23.3 Å². The number of nitrogens with zero attached hydrogens (tertiary/aromatic N) is 1. The third kappa shape index (κ3) is 2.51. The minimum atomic E-state index is -0.803. The maximum Gasteiger partial charge on any atom is 0.343 e. The zero-order valence-electron chi connectivity index (χ0n) is 11.7. The molecule has 110 valence electrons. The zero-order valence-corrected chi connectivity index (χ0v) is 12.5. The van der Waals surface area contributed by atoms with Gasteiger partial charge in [0.2, 0.25) is 0 Å². The fourth-order valence-electron chi connectivity index (χ4n) is 2.33. The number of hydrogen-bond donors (Lipinski definition) is 2. The Bertz CT molecular complexity index is 565. The summed E-state index contributed by atoms with van der Waals surface area (Å²) in [5, 5.41) is 10.6. The first-order valence-electron chi connectivity index (χ1n) is 6.25. The molecule has 20 heavy (non-hydrogen) atoms. The van der Waals surface area contributed by atoms with Crippen LogP contribution in [0.1, 0.15) is 40.3 Å². The molecule has 2 heterocycles. The maximum atomic E-state index is 11.9. The number of nitrogens with two attached hydrogens (primary N) is 1. The van der Waals surface area contributed by atoms with Crippen LogP contribution in [0.5, 0.6) is 0 Å². The number of thiophene rings is 1. The van der Waals surface area contributed by atoms with Crippen molar-refractivity contribution in [3.8, 4) is 0 Å². The number of carbonyl (C=O) groups is 2. The second kappa shape index (κ2) is 5.06. The highest BCUT2D eigenvalue weighted by Gasteiger charge is 2.36. The van der Waals surface area contributed by atoms with E-state index in [0.717, 1.165) is 0 Å². The van der Waals surface area contributed by atoms with Crippen LogP contribution in [-0.4, -0.2) is 42.7 Å². The van der Waals surface area contributed by atoms with E-state index in [1.54, 1.807) is 6.92 Å². The molecule has 0 bridgehead atoms. The van der Waals surface area contributed by atoms with Crippen molar-refractivity contribution in [2.75, 3.05) is 30.8 Å². The number of Topliss-reactive ketones (excluding diaryl/α,β-unsaturated/α-hetero) is 1. The molecular weight excluding hydrogens is 280 g/mol. The number of anilines is 2. The Balaban J connectivity index is 2.49. The van der Waals surface area contributed by atoms with Gasteiger partial charge in [0, 0.05) is 20.0 Å². The monoisotopic (exact) mass is 298 g/mol. The summed E-state index contributed by atoms with van der Waals surface area (Å²) in [6, 6.07) is 0. The highest BCUT2D eigenvalue weighted by Crippen LogP contribution is 2.41. The molecule has 1 aliphatic heterocycles. The molecule has 0 spiro atoms. The van der Waals surface area contributed by atoms with E-state index in [9.17, 15) is 14.7 Å². The van der Waals surface area contributed by atoms with Gasteiger partial charge < -0.3 is 20.5 Å². The Labute approximate surface area is 121 Å². The van der Waals surface area contributed by atoms with Gasteiger partial charge in [-0.3, -0.25) is 4.79 Å². The molecule has 0 aliphatic carbocycles. The standard InChI is InChI=1S/C13H18N2O4S/c1-7(16)10-9(14)8(12(17)19-3)11(20-10)15-5-4-13(2,18)6-15/h18H,4-6,14H2,1-3H3. The zero-order chi connectivity index (χ0) is 15.1. The molecule has 0 radical (unpaired) electrons. The minimum absolute atomic E-state index is 0.163. The molecule has 3 N–H and O–H groups in total. The van der Waals surface area contributed by atoms with Crippen LogP contribution in [-0.2, 0) is 4.74 Å². The summed E-state index contributed by atoms with van der Waals surface area (Å²) in [5.41, 5.74) is 5.50. The van der Waals surface area contributed by atoms with Crippen LogP contribution in [0.25, 0.3) is 0 Å². The quantitative estimate of drug-likeness (QED) is 0.645. The van der Waals surface area contributed by atoms with Crippen LogP contribution in [0.15, 0.2) is 0 Å². The van der Waals surface area contributed by atoms with Crippen molar-refractivity contribution >= 4 is 33.8 Å². The lowest BCUT2D eigenvalue weighted by Crippen LogP contribution is -2.29. The molecule has 1 atom stereocenters. The average molecular weight is 298 g/mol. The van der Waals surface area contributed by atoms with Crippen molar-refractivity contribution in [1.82, 2.24) is 0 Å². The number of aliphatic hydroxyl groups is 1. The fourth-order valence-corrected chi connectivity index (χ4v) is 3.46. The molecule has 1 saturated heterocycles. The molecule has 1 unspecified atom stereocenters. The predicted molar refractivity (Wildman–Crippen MR) is 77.5 cm³/mol. The predicted octanol–water partition coefficient (Wildman–Crippen LogP) is 1.28. The van der Waals surface area contributed by atoms with Gasteiger partial charge in [0.15, 0.2) is 5.78 Å². The SMILES string of the molecule is COC(=O)c1c(N2CCC(C)(O)C2)sc(C(C)=O)c1N. The van der Waals surface area contributed by atoms with E-state index in [4.69, 9.17) is 10.5 Å². The van der Waals surface area contributed by atoms with Crippen molar-refractivity contribution in [3.05, 3.63) is 10.4 Å². The first kappa shape index (κ1) is 14.8. The van der Waals surface area contributed by atoms with Gasteiger partial charge in [0.1, 0.15) is 10.6 Å². The Morgan fingerprint density at radius 2 is 2.15 bits per heavy atom. The van der Waals surface area contributed by atoms with Crippen molar-refractivity contribution in [2.24, 2.45) is 0 Å². The number of ketones is 1. The minimum Gasteiger partial charge on any atom is -0.465 e. The normalized spacial score (nSPS) is 22.1. The fraction of sp³-hybridized carbons (Fsp3) is 0.538. The van der Waals surface area contributed by atoms with E-state index in [2.05, 4.69) is 0 Å². The van der Waals surface area contributed by atoms with Gasteiger partial charge in [-0.15, -0.1) is 11.3 Å². The smallest absolute Gasteiger partial charge is 0.343 e. The van der Waals surface area contributed by atoms with Crippen LogP contribution < -0.4 is 10.6 Å². The average Bonchev–Trinajstić information content (AvgIpc) is 2.88. The van der Waals surface area contributed by atoms with Gasteiger partial charge >= 0.3 is 5.97 Å². The Hall–Kier alpha value is -1.60. The van der Waals surface area contributed by atoms with E-state index in [0.29, 0.717) is 29.4 Å². The van der Waals surface area contributed by atoms with Gasteiger partial charge in [-0.25, -0.2) is 4.79 Å². The number of rotatable bonds is 3. The second-order valence-electron chi connectivity index (χ2n) is 5.24. The van der Waals surface area contributed by atoms with Crippen LogP contribution in [0.2, 0.25) is 0 Å². The van der Waals surface area contributed by atoms with Crippen LogP contribution in [0.3, 0.4) is 0 Å². The van der Waals surface area contributed by atoms with Crippen LogP contribution in [0, 0.1) is 0 Å². The topological polar surface area (TPSA) is 92.9 Å². The number of ether oxygens (including phenoxy) is 1. The molecule has 6 nitrogen and oxygen atoms in total. The van der Waals surface area contributed by atoms with Gasteiger partial charge in [0.25, 0.3) is 0 Å². The van der Waals surface area contributed by atoms with E-state index in [1.165, 1.54) is 25.4 Å². The second-order valence-corrected chi connectivity index (χ2v) is 6.24. The molecule has 1 fully saturated rings. The van der Waals surface area contributed by atoms with Crippen LogP contribution in [0.4, 0.5) is 10.7 Å². The maximum absolute atomic E-state index is 11.9. The summed E-state index contributed by atoms with van der Waals surface area (Å²) in [7, 11) is 1.27. The number of hydrogen-bond acceptors (Lipinski definition) is 7. The lowest BCUT2D eigenvalue weighted by atomic mass is 10.1. The van der Waals surface area contributed by atoms with Gasteiger partial charge in [-0.2, -0.15) is 0 Å².